The summed E-state index contributed by atoms with van der Waals surface area (Å²) in [5.41, 5.74) is 4.21. The Kier molecular flexibility index (Phi) is 1.96. The molecule has 0 saturated heterocycles. The highest BCUT2D eigenvalue weighted by atomic mass is 15.1. The number of hydrogen-bond donors (Lipinski definition) is 1. The van der Waals surface area contributed by atoms with Crippen molar-refractivity contribution in [1.82, 2.24) is 15.2 Å². The van der Waals surface area contributed by atoms with Crippen molar-refractivity contribution in [3.8, 4) is 11.1 Å². The van der Waals surface area contributed by atoms with E-state index in [1.165, 1.54) is 11.1 Å². The average molecular weight is 209 g/mol. The van der Waals surface area contributed by atoms with Crippen LogP contribution < -0.4 is 0 Å². The minimum Gasteiger partial charge on any atom is -0.261 e. The van der Waals surface area contributed by atoms with Gasteiger partial charge < -0.3 is 0 Å². The van der Waals surface area contributed by atoms with Gasteiger partial charge >= 0.3 is 0 Å². The van der Waals surface area contributed by atoms with Gasteiger partial charge in [-0.2, -0.15) is 5.10 Å². The minimum absolute atomic E-state index is 0.846. The Balaban J connectivity index is 2.34. The fraction of sp³-hybridized carbons (Fsp3) is 0.0769. The van der Waals surface area contributed by atoms with E-state index < -0.39 is 0 Å². The first kappa shape index (κ1) is 9.09. The Bertz CT molecular complexity index is 626. The van der Waals surface area contributed by atoms with Gasteiger partial charge in [-0.05, 0) is 24.1 Å². The molecule has 0 radical (unpaired) electrons. The topological polar surface area (TPSA) is 41.6 Å². The molecule has 16 heavy (non-hydrogen) atoms. The first-order valence-corrected chi connectivity index (χ1v) is 5.21. The van der Waals surface area contributed by atoms with Gasteiger partial charge in [-0.15, -0.1) is 0 Å². The van der Waals surface area contributed by atoms with Crippen molar-refractivity contribution in [3.05, 3.63) is 48.3 Å². The van der Waals surface area contributed by atoms with Gasteiger partial charge in [0, 0.05) is 11.1 Å². The predicted octanol–water partition coefficient (Wildman–Crippen LogP) is 2.93. The second-order valence-electron chi connectivity index (χ2n) is 3.81. The molecule has 0 amide bonds. The first-order chi connectivity index (χ1) is 7.84. The number of aromatic amines is 1. The standard InChI is InChI=1S/C13H11N3/c1-9-7-11(10-5-3-2-4-6-10)12-8-14-16-13(12)15-9/h2-8H,1H3,(H,14,15,16). The zero-order valence-electron chi connectivity index (χ0n) is 8.94. The third-order valence-corrected chi connectivity index (χ3v) is 2.64. The van der Waals surface area contributed by atoms with Crippen LogP contribution in [-0.2, 0) is 0 Å². The molecule has 0 saturated carbocycles. The first-order valence-electron chi connectivity index (χ1n) is 5.21. The van der Waals surface area contributed by atoms with Gasteiger partial charge in [-0.3, -0.25) is 5.10 Å². The van der Waals surface area contributed by atoms with Crippen molar-refractivity contribution in [2.24, 2.45) is 0 Å². The van der Waals surface area contributed by atoms with Crippen LogP contribution in [0.4, 0.5) is 0 Å². The normalized spacial score (nSPS) is 10.8. The molecule has 3 nitrogen and oxygen atoms in total. The van der Waals surface area contributed by atoms with Crippen LogP contribution in [-0.4, -0.2) is 15.2 Å². The Hall–Kier alpha value is -2.16. The second-order valence-corrected chi connectivity index (χ2v) is 3.81. The third-order valence-electron chi connectivity index (χ3n) is 2.64. The Morgan fingerprint density at radius 3 is 2.75 bits per heavy atom. The van der Waals surface area contributed by atoms with Gasteiger partial charge in [0.2, 0.25) is 0 Å². The lowest BCUT2D eigenvalue weighted by molar-refractivity contribution is 1.09. The summed E-state index contributed by atoms with van der Waals surface area (Å²) in [4.78, 5) is 4.40. The van der Waals surface area contributed by atoms with Crippen molar-refractivity contribution < 1.29 is 0 Å². The van der Waals surface area contributed by atoms with Crippen molar-refractivity contribution in [2.45, 2.75) is 6.92 Å². The van der Waals surface area contributed by atoms with E-state index in [0.717, 1.165) is 16.7 Å². The summed E-state index contributed by atoms with van der Waals surface area (Å²) in [7, 11) is 0. The van der Waals surface area contributed by atoms with Crippen LogP contribution in [0, 0.1) is 6.92 Å². The Labute approximate surface area is 93.2 Å². The lowest BCUT2D eigenvalue weighted by Crippen LogP contribution is -1.86. The largest absolute Gasteiger partial charge is 0.261 e. The number of aromatic nitrogens is 3. The molecule has 3 heteroatoms. The van der Waals surface area contributed by atoms with Gasteiger partial charge in [0.25, 0.3) is 0 Å². The van der Waals surface area contributed by atoms with Gasteiger partial charge in [-0.1, -0.05) is 30.3 Å². The highest BCUT2D eigenvalue weighted by Crippen LogP contribution is 2.26. The van der Waals surface area contributed by atoms with Gasteiger partial charge in [0.15, 0.2) is 5.65 Å². The van der Waals surface area contributed by atoms with Crippen LogP contribution in [0.15, 0.2) is 42.6 Å². The van der Waals surface area contributed by atoms with Gasteiger partial charge in [-0.25, -0.2) is 4.98 Å². The molecule has 2 aromatic heterocycles. The number of rotatable bonds is 1. The fourth-order valence-corrected chi connectivity index (χ4v) is 1.91. The van der Waals surface area contributed by atoms with Crippen molar-refractivity contribution in [1.29, 1.82) is 0 Å². The molecule has 3 rings (SSSR count). The molecule has 0 unspecified atom stereocenters. The van der Waals surface area contributed by atoms with E-state index >= 15 is 0 Å². The molecule has 0 aliphatic rings. The van der Waals surface area contributed by atoms with Crippen LogP contribution in [0.1, 0.15) is 5.69 Å². The smallest absolute Gasteiger partial charge is 0.155 e. The molecule has 0 atom stereocenters. The molecular weight excluding hydrogens is 198 g/mol. The molecule has 3 aromatic rings. The number of benzene rings is 1. The third kappa shape index (κ3) is 1.37. The summed E-state index contributed by atoms with van der Waals surface area (Å²) >= 11 is 0. The van der Waals surface area contributed by atoms with Crippen LogP contribution in [0.2, 0.25) is 0 Å². The van der Waals surface area contributed by atoms with Crippen LogP contribution in [0.25, 0.3) is 22.2 Å². The molecule has 2 heterocycles. The van der Waals surface area contributed by atoms with Crippen molar-refractivity contribution in [3.63, 3.8) is 0 Å². The number of nitrogens with zero attached hydrogens (tertiary/aromatic N) is 2. The number of hydrogen-bond acceptors (Lipinski definition) is 2. The molecule has 78 valence electrons. The minimum atomic E-state index is 0.846. The molecule has 0 spiro atoms. The van der Waals surface area contributed by atoms with Crippen LogP contribution in [0.5, 0.6) is 0 Å². The van der Waals surface area contributed by atoms with Crippen LogP contribution >= 0.6 is 0 Å². The second kappa shape index (κ2) is 3.45. The highest BCUT2D eigenvalue weighted by molar-refractivity contribution is 5.92. The molecule has 0 bridgehead atoms. The summed E-state index contributed by atoms with van der Waals surface area (Å²) in [6.07, 6.45) is 1.82. The maximum atomic E-state index is 4.40. The molecule has 1 aromatic carbocycles. The zero-order valence-corrected chi connectivity index (χ0v) is 8.94. The number of H-pyrrole nitrogens is 1. The van der Waals surface area contributed by atoms with Crippen LogP contribution in [0.3, 0.4) is 0 Å². The zero-order chi connectivity index (χ0) is 11.0. The van der Waals surface area contributed by atoms with E-state index in [1.807, 2.05) is 31.3 Å². The maximum Gasteiger partial charge on any atom is 0.155 e. The van der Waals surface area contributed by atoms with E-state index in [1.54, 1.807) is 0 Å². The molecule has 1 N–H and O–H groups in total. The summed E-state index contributed by atoms with van der Waals surface area (Å²) in [5.74, 6) is 0. The lowest BCUT2D eigenvalue weighted by Gasteiger charge is -2.03. The van der Waals surface area contributed by atoms with E-state index in [-0.39, 0.29) is 0 Å². The molecule has 0 aliphatic carbocycles. The Morgan fingerprint density at radius 1 is 1.12 bits per heavy atom. The Morgan fingerprint density at radius 2 is 1.94 bits per heavy atom. The van der Waals surface area contributed by atoms with Crippen molar-refractivity contribution >= 4 is 11.0 Å². The van der Waals surface area contributed by atoms with Crippen molar-refractivity contribution in [2.75, 3.05) is 0 Å². The monoisotopic (exact) mass is 209 g/mol. The molecule has 0 aliphatic heterocycles. The van der Waals surface area contributed by atoms with Gasteiger partial charge in [0.1, 0.15) is 0 Å². The number of fused-ring (bicyclic) bond motifs is 1. The van der Waals surface area contributed by atoms with E-state index in [9.17, 15) is 0 Å². The highest BCUT2D eigenvalue weighted by Gasteiger charge is 2.06. The summed E-state index contributed by atoms with van der Waals surface area (Å²) in [5, 5.41) is 8.02. The predicted molar refractivity (Wildman–Crippen MR) is 64.1 cm³/mol. The average Bonchev–Trinajstić information content (AvgIpc) is 2.77. The van der Waals surface area contributed by atoms with E-state index in [0.29, 0.717) is 0 Å². The van der Waals surface area contributed by atoms with E-state index in [2.05, 4.69) is 33.4 Å². The lowest BCUT2D eigenvalue weighted by atomic mass is 10.0. The number of aryl methyl sites for hydroxylation is 1. The number of nitrogens with one attached hydrogen (secondary N) is 1. The fourth-order valence-electron chi connectivity index (χ4n) is 1.91. The molecule has 0 fully saturated rings. The summed E-state index contributed by atoms with van der Waals surface area (Å²) in [6, 6.07) is 12.4. The van der Waals surface area contributed by atoms with E-state index in [4.69, 9.17) is 0 Å². The summed E-state index contributed by atoms with van der Waals surface area (Å²) in [6.45, 7) is 1.99. The summed E-state index contributed by atoms with van der Waals surface area (Å²) < 4.78 is 0. The maximum absolute atomic E-state index is 4.40. The quantitative estimate of drug-likeness (QED) is 0.669. The number of pyridine rings is 1. The van der Waals surface area contributed by atoms with Gasteiger partial charge in [0.05, 0.1) is 6.20 Å². The SMILES string of the molecule is Cc1cc(-c2ccccc2)c2cn[nH]c2n1. The molecular formula is C13H11N3.